The lowest BCUT2D eigenvalue weighted by Crippen LogP contribution is -2.19. The van der Waals surface area contributed by atoms with Gasteiger partial charge in [-0.15, -0.1) is 0 Å². The quantitative estimate of drug-likeness (QED) is 0.0534. The topological polar surface area (TPSA) is 78.6 Å². The van der Waals surface area contributed by atoms with Crippen molar-refractivity contribution in [1.29, 1.82) is 0 Å². The van der Waals surface area contributed by atoms with Gasteiger partial charge in [0, 0.05) is 18.9 Å². The molecule has 2 N–H and O–H groups in total. The highest BCUT2D eigenvalue weighted by atomic mass is 16.5. The van der Waals surface area contributed by atoms with Crippen LogP contribution in [-0.2, 0) is 19.1 Å². The average Bonchev–Trinajstić information content (AvgIpc) is 2.94. The monoisotopic (exact) mass is 563 g/mol. The van der Waals surface area contributed by atoms with Gasteiger partial charge in [-0.3, -0.25) is 9.59 Å². The highest BCUT2D eigenvalue weighted by Crippen LogP contribution is 2.13. The largest absolute Gasteiger partial charge is 0.461 e. The minimum Gasteiger partial charge on any atom is -0.461 e. The van der Waals surface area contributed by atoms with E-state index in [4.69, 9.17) is 15.2 Å². The molecule has 40 heavy (non-hydrogen) atoms. The molecule has 0 saturated carbocycles. The molecule has 0 aromatic carbocycles. The van der Waals surface area contributed by atoms with Crippen LogP contribution in [0.5, 0.6) is 0 Å². The summed E-state index contributed by atoms with van der Waals surface area (Å²) in [6.45, 7) is 5.27. The van der Waals surface area contributed by atoms with Crippen molar-refractivity contribution >= 4 is 11.9 Å². The van der Waals surface area contributed by atoms with Crippen LogP contribution in [0, 0.1) is 0 Å². The van der Waals surface area contributed by atoms with Gasteiger partial charge in [0.05, 0.1) is 0 Å². The fourth-order valence-corrected chi connectivity index (χ4v) is 4.73. The number of hydrogen-bond acceptors (Lipinski definition) is 5. The van der Waals surface area contributed by atoms with Crippen molar-refractivity contribution in [3.8, 4) is 0 Å². The molecule has 0 aliphatic rings. The number of ether oxygens (including phenoxy) is 2. The van der Waals surface area contributed by atoms with Gasteiger partial charge in [-0.1, -0.05) is 128 Å². The van der Waals surface area contributed by atoms with Gasteiger partial charge in [0.1, 0.15) is 13.2 Å². The lowest BCUT2D eigenvalue weighted by atomic mass is 10.0. The fraction of sp³-hybridized carbons (Fsp3) is 0.829. The predicted molar refractivity (Wildman–Crippen MR) is 170 cm³/mol. The Kier molecular flexibility index (Phi) is 30.6. The lowest BCUT2D eigenvalue weighted by molar-refractivity contribution is -0.143. The number of allylic oxidation sites excluding steroid dienone is 2. The SMILES string of the molecule is CCCCCC/C=C\COC(=O)CCCCCCCC(N)CCCCCCCC(=O)OC/C=C\CCCCCC. The summed E-state index contributed by atoms with van der Waals surface area (Å²) in [4.78, 5) is 23.6. The second-order valence-corrected chi connectivity index (χ2v) is 11.4. The Morgan fingerprint density at radius 1 is 0.525 bits per heavy atom. The molecule has 0 bridgehead atoms. The van der Waals surface area contributed by atoms with Gasteiger partial charge in [-0.2, -0.15) is 0 Å². The lowest BCUT2D eigenvalue weighted by Gasteiger charge is -2.11. The van der Waals surface area contributed by atoms with E-state index in [0.717, 1.165) is 64.2 Å². The van der Waals surface area contributed by atoms with Crippen LogP contribution >= 0.6 is 0 Å². The number of carbonyl (C=O) groups is 2. The zero-order valence-electron chi connectivity index (χ0n) is 26.5. The standard InChI is InChI=1S/C35H65NO4/c1-3-5-7-9-11-19-25-31-39-34(37)29-23-17-13-15-21-27-33(36)28-22-16-14-18-24-30-35(38)40-32-26-20-12-10-8-6-4-2/h19-20,25-26,33H,3-18,21-24,27-32,36H2,1-2H3/b25-19-,26-20-. The van der Waals surface area contributed by atoms with Gasteiger partial charge in [0.25, 0.3) is 0 Å². The molecule has 5 nitrogen and oxygen atoms in total. The van der Waals surface area contributed by atoms with E-state index >= 15 is 0 Å². The van der Waals surface area contributed by atoms with E-state index in [1.807, 2.05) is 12.2 Å². The summed E-state index contributed by atoms with van der Waals surface area (Å²) in [5.41, 5.74) is 6.30. The Labute approximate surface area is 248 Å². The number of carbonyl (C=O) groups excluding carboxylic acids is 2. The van der Waals surface area contributed by atoms with E-state index in [1.54, 1.807) is 0 Å². The van der Waals surface area contributed by atoms with Crippen LogP contribution in [-0.4, -0.2) is 31.2 Å². The minimum absolute atomic E-state index is 0.0752. The van der Waals surface area contributed by atoms with Crippen LogP contribution in [0.25, 0.3) is 0 Å². The van der Waals surface area contributed by atoms with Gasteiger partial charge in [-0.25, -0.2) is 0 Å². The van der Waals surface area contributed by atoms with E-state index in [9.17, 15) is 9.59 Å². The Balaban J connectivity index is 3.40. The van der Waals surface area contributed by atoms with Crippen LogP contribution in [0.4, 0.5) is 0 Å². The third-order valence-corrected chi connectivity index (χ3v) is 7.37. The van der Waals surface area contributed by atoms with E-state index in [2.05, 4.69) is 26.0 Å². The molecule has 0 saturated heterocycles. The van der Waals surface area contributed by atoms with Crippen LogP contribution in [0.1, 0.15) is 168 Å². The van der Waals surface area contributed by atoms with Gasteiger partial charge >= 0.3 is 11.9 Å². The highest BCUT2D eigenvalue weighted by molar-refractivity contribution is 5.69. The van der Waals surface area contributed by atoms with E-state index in [-0.39, 0.29) is 11.9 Å². The summed E-state index contributed by atoms with van der Waals surface area (Å²) < 4.78 is 10.6. The molecular weight excluding hydrogens is 498 g/mol. The molecule has 0 heterocycles. The van der Waals surface area contributed by atoms with E-state index in [0.29, 0.717) is 32.1 Å². The first-order valence-corrected chi connectivity index (χ1v) is 17.0. The zero-order valence-corrected chi connectivity index (χ0v) is 26.5. The van der Waals surface area contributed by atoms with Crippen molar-refractivity contribution in [1.82, 2.24) is 0 Å². The second-order valence-electron chi connectivity index (χ2n) is 11.4. The number of esters is 2. The molecule has 5 heteroatoms. The third kappa shape index (κ3) is 30.9. The van der Waals surface area contributed by atoms with Crippen LogP contribution < -0.4 is 5.73 Å². The van der Waals surface area contributed by atoms with Crippen LogP contribution in [0.3, 0.4) is 0 Å². The zero-order chi connectivity index (χ0) is 29.4. The van der Waals surface area contributed by atoms with E-state index in [1.165, 1.54) is 77.0 Å². The Morgan fingerprint density at radius 2 is 0.900 bits per heavy atom. The van der Waals surface area contributed by atoms with Gasteiger partial charge in [0.15, 0.2) is 0 Å². The molecule has 234 valence electrons. The van der Waals surface area contributed by atoms with Crippen molar-refractivity contribution in [2.24, 2.45) is 5.73 Å². The maximum absolute atomic E-state index is 11.8. The Bertz CT molecular complexity index is 565. The smallest absolute Gasteiger partial charge is 0.306 e. The van der Waals surface area contributed by atoms with Crippen molar-refractivity contribution in [2.75, 3.05) is 13.2 Å². The number of unbranched alkanes of at least 4 members (excludes halogenated alkanes) is 16. The Morgan fingerprint density at radius 3 is 1.32 bits per heavy atom. The van der Waals surface area contributed by atoms with Gasteiger partial charge in [-0.05, 0) is 51.4 Å². The average molecular weight is 564 g/mol. The summed E-state index contributed by atoms with van der Waals surface area (Å²) in [5, 5.41) is 0. The second kappa shape index (κ2) is 31.9. The summed E-state index contributed by atoms with van der Waals surface area (Å²) in [6, 6.07) is 0.296. The maximum atomic E-state index is 11.8. The summed E-state index contributed by atoms with van der Waals surface area (Å²) >= 11 is 0. The van der Waals surface area contributed by atoms with Crippen LogP contribution in [0.2, 0.25) is 0 Å². The molecule has 0 amide bonds. The number of rotatable bonds is 30. The first-order chi connectivity index (χ1) is 19.6. The van der Waals surface area contributed by atoms with Crippen molar-refractivity contribution in [3.05, 3.63) is 24.3 Å². The predicted octanol–water partition coefficient (Wildman–Crippen LogP) is 9.91. The first kappa shape index (κ1) is 38.4. The molecule has 0 atom stereocenters. The molecule has 0 aromatic rings. The summed E-state index contributed by atoms with van der Waals surface area (Å²) in [6.07, 6.45) is 34.8. The van der Waals surface area contributed by atoms with Crippen molar-refractivity contribution in [3.63, 3.8) is 0 Å². The first-order valence-electron chi connectivity index (χ1n) is 17.0. The van der Waals surface area contributed by atoms with Crippen molar-refractivity contribution < 1.29 is 19.1 Å². The van der Waals surface area contributed by atoms with Gasteiger partial charge < -0.3 is 15.2 Å². The van der Waals surface area contributed by atoms with Crippen molar-refractivity contribution in [2.45, 2.75) is 174 Å². The minimum atomic E-state index is -0.0752. The summed E-state index contributed by atoms with van der Waals surface area (Å²) in [5.74, 6) is -0.150. The van der Waals surface area contributed by atoms with Gasteiger partial charge in [0.2, 0.25) is 0 Å². The molecule has 0 radical (unpaired) electrons. The van der Waals surface area contributed by atoms with E-state index < -0.39 is 0 Å². The molecule has 0 fully saturated rings. The number of nitrogens with two attached hydrogens (primary N) is 1. The maximum Gasteiger partial charge on any atom is 0.306 e. The van der Waals surface area contributed by atoms with Crippen LogP contribution in [0.15, 0.2) is 24.3 Å². The highest BCUT2D eigenvalue weighted by Gasteiger charge is 2.05. The molecule has 0 aliphatic carbocycles. The third-order valence-electron chi connectivity index (χ3n) is 7.37. The normalized spacial score (nSPS) is 11.7. The number of hydrogen-bond donors (Lipinski definition) is 1. The molecule has 0 unspecified atom stereocenters. The molecule has 0 aromatic heterocycles. The molecule has 0 aliphatic heterocycles. The molecule has 0 spiro atoms. The molecule has 0 rings (SSSR count). The Hall–Kier alpha value is -1.62. The summed E-state index contributed by atoms with van der Waals surface area (Å²) in [7, 11) is 0. The fourth-order valence-electron chi connectivity index (χ4n) is 4.73. The molecular formula is C35H65NO4.